The van der Waals surface area contributed by atoms with Crippen molar-refractivity contribution in [3.8, 4) is 0 Å². The van der Waals surface area contributed by atoms with Gasteiger partial charge in [0, 0.05) is 19.2 Å². The molecule has 0 spiro atoms. The standard InChI is InChI=1S/C18H21ClN4O/c1-12-6-5-9-23(11-12)17-10-16(20-13(2)21-17)18(24)22-15-8-4-3-7-14(15)19/h3-4,7-8,10,12H,5-6,9,11H2,1-2H3,(H,22,24). The Bertz CT molecular complexity index is 750. The normalized spacial score (nSPS) is 17.6. The molecule has 0 bridgehead atoms. The van der Waals surface area contributed by atoms with Crippen LogP contribution in [-0.4, -0.2) is 29.0 Å². The molecule has 1 aromatic heterocycles. The number of aromatic nitrogens is 2. The van der Waals surface area contributed by atoms with Gasteiger partial charge in [-0.15, -0.1) is 0 Å². The van der Waals surface area contributed by atoms with Gasteiger partial charge in [-0.3, -0.25) is 4.79 Å². The molecular weight excluding hydrogens is 324 g/mol. The summed E-state index contributed by atoms with van der Waals surface area (Å²) in [6.45, 7) is 5.97. The molecule has 2 aromatic rings. The fourth-order valence-electron chi connectivity index (χ4n) is 2.98. The molecule has 2 heterocycles. The predicted molar refractivity (Wildman–Crippen MR) is 96.8 cm³/mol. The van der Waals surface area contributed by atoms with Gasteiger partial charge in [0.1, 0.15) is 17.3 Å². The lowest BCUT2D eigenvalue weighted by atomic mass is 10.0. The van der Waals surface area contributed by atoms with E-state index in [0.29, 0.717) is 28.1 Å². The first kappa shape index (κ1) is 16.7. The molecule has 6 heteroatoms. The smallest absolute Gasteiger partial charge is 0.274 e. The Labute approximate surface area is 147 Å². The van der Waals surface area contributed by atoms with Gasteiger partial charge in [-0.2, -0.15) is 0 Å². The van der Waals surface area contributed by atoms with Crippen LogP contribution >= 0.6 is 11.6 Å². The highest BCUT2D eigenvalue weighted by atomic mass is 35.5. The van der Waals surface area contributed by atoms with Crippen molar-refractivity contribution in [1.29, 1.82) is 0 Å². The average Bonchev–Trinajstić information content (AvgIpc) is 2.56. The topological polar surface area (TPSA) is 58.1 Å². The summed E-state index contributed by atoms with van der Waals surface area (Å²) in [5.41, 5.74) is 0.934. The van der Waals surface area contributed by atoms with Crippen molar-refractivity contribution in [3.63, 3.8) is 0 Å². The van der Waals surface area contributed by atoms with Gasteiger partial charge in [0.15, 0.2) is 0 Å². The van der Waals surface area contributed by atoms with Crippen LogP contribution in [0.2, 0.25) is 5.02 Å². The molecule has 0 radical (unpaired) electrons. The van der Waals surface area contributed by atoms with Crippen molar-refractivity contribution in [2.45, 2.75) is 26.7 Å². The van der Waals surface area contributed by atoms with Crippen LogP contribution in [0, 0.1) is 12.8 Å². The Morgan fingerprint density at radius 3 is 2.88 bits per heavy atom. The van der Waals surface area contributed by atoms with Gasteiger partial charge >= 0.3 is 0 Å². The minimum atomic E-state index is -0.278. The second kappa shape index (κ2) is 7.18. The first-order valence-electron chi connectivity index (χ1n) is 8.19. The molecule has 126 valence electrons. The van der Waals surface area contributed by atoms with Gasteiger partial charge in [-0.25, -0.2) is 9.97 Å². The number of hydrogen-bond acceptors (Lipinski definition) is 4. The van der Waals surface area contributed by atoms with Crippen LogP contribution < -0.4 is 10.2 Å². The van der Waals surface area contributed by atoms with E-state index in [1.807, 2.05) is 19.1 Å². The van der Waals surface area contributed by atoms with E-state index in [4.69, 9.17) is 11.6 Å². The van der Waals surface area contributed by atoms with Gasteiger partial charge in [0.2, 0.25) is 0 Å². The number of para-hydroxylation sites is 1. The molecule has 1 N–H and O–H groups in total. The maximum atomic E-state index is 12.5. The lowest BCUT2D eigenvalue weighted by Gasteiger charge is -2.32. The number of anilines is 2. The molecule has 5 nitrogen and oxygen atoms in total. The van der Waals surface area contributed by atoms with Crippen molar-refractivity contribution >= 4 is 29.0 Å². The van der Waals surface area contributed by atoms with Crippen molar-refractivity contribution in [3.05, 3.63) is 46.9 Å². The van der Waals surface area contributed by atoms with Crippen LogP contribution in [0.15, 0.2) is 30.3 Å². The summed E-state index contributed by atoms with van der Waals surface area (Å²) in [5.74, 6) is 1.77. The number of rotatable bonds is 3. The molecule has 24 heavy (non-hydrogen) atoms. The Kier molecular flexibility index (Phi) is 5.00. The molecule has 1 atom stereocenters. The zero-order chi connectivity index (χ0) is 17.1. The first-order valence-corrected chi connectivity index (χ1v) is 8.57. The molecule has 1 fully saturated rings. The van der Waals surface area contributed by atoms with Gasteiger partial charge in [0.05, 0.1) is 10.7 Å². The van der Waals surface area contributed by atoms with E-state index in [0.717, 1.165) is 25.3 Å². The maximum absolute atomic E-state index is 12.5. The lowest BCUT2D eigenvalue weighted by molar-refractivity contribution is 0.102. The summed E-state index contributed by atoms with van der Waals surface area (Å²) in [4.78, 5) is 23.6. The van der Waals surface area contributed by atoms with Crippen molar-refractivity contribution < 1.29 is 4.79 Å². The number of amides is 1. The van der Waals surface area contributed by atoms with E-state index in [-0.39, 0.29) is 5.91 Å². The summed E-state index contributed by atoms with van der Waals surface area (Å²) in [7, 11) is 0. The summed E-state index contributed by atoms with van der Waals surface area (Å²) in [5, 5.41) is 3.31. The number of carbonyl (C=O) groups is 1. The quantitative estimate of drug-likeness (QED) is 0.916. The third kappa shape index (κ3) is 3.85. The van der Waals surface area contributed by atoms with Crippen molar-refractivity contribution in [2.24, 2.45) is 5.92 Å². The second-order valence-electron chi connectivity index (χ2n) is 6.29. The molecule has 1 saturated heterocycles. The lowest BCUT2D eigenvalue weighted by Crippen LogP contribution is -2.35. The highest BCUT2D eigenvalue weighted by molar-refractivity contribution is 6.33. The van der Waals surface area contributed by atoms with E-state index in [2.05, 4.69) is 27.1 Å². The van der Waals surface area contributed by atoms with Crippen LogP contribution in [0.5, 0.6) is 0 Å². The first-order chi connectivity index (χ1) is 11.5. The summed E-state index contributed by atoms with van der Waals surface area (Å²) < 4.78 is 0. The van der Waals surface area contributed by atoms with E-state index >= 15 is 0 Å². The van der Waals surface area contributed by atoms with Gasteiger partial charge in [-0.05, 0) is 37.8 Å². The zero-order valence-electron chi connectivity index (χ0n) is 13.9. The fourth-order valence-corrected chi connectivity index (χ4v) is 3.16. The minimum Gasteiger partial charge on any atom is -0.356 e. The summed E-state index contributed by atoms with van der Waals surface area (Å²) in [6, 6.07) is 8.91. The van der Waals surface area contributed by atoms with E-state index in [1.54, 1.807) is 18.2 Å². The molecule has 0 saturated carbocycles. The monoisotopic (exact) mass is 344 g/mol. The molecule has 1 unspecified atom stereocenters. The van der Waals surface area contributed by atoms with E-state index < -0.39 is 0 Å². The van der Waals surface area contributed by atoms with Gasteiger partial charge in [0.25, 0.3) is 5.91 Å². The minimum absolute atomic E-state index is 0.278. The highest BCUT2D eigenvalue weighted by Gasteiger charge is 2.20. The predicted octanol–water partition coefficient (Wildman–Crippen LogP) is 3.93. The van der Waals surface area contributed by atoms with Crippen LogP contribution in [0.3, 0.4) is 0 Å². The number of carbonyl (C=O) groups excluding carboxylic acids is 1. The molecule has 1 aliphatic heterocycles. The van der Waals surface area contributed by atoms with Crippen LogP contribution in [0.1, 0.15) is 36.1 Å². The number of aryl methyl sites for hydroxylation is 1. The molecule has 1 aliphatic rings. The molecule has 1 aromatic carbocycles. The van der Waals surface area contributed by atoms with Gasteiger partial charge in [-0.1, -0.05) is 30.7 Å². The summed E-state index contributed by atoms with van der Waals surface area (Å²) in [6.07, 6.45) is 2.38. The Morgan fingerprint density at radius 1 is 1.33 bits per heavy atom. The van der Waals surface area contributed by atoms with Crippen molar-refractivity contribution in [1.82, 2.24) is 9.97 Å². The average molecular weight is 345 g/mol. The number of piperidine rings is 1. The van der Waals surface area contributed by atoms with Crippen LogP contribution in [-0.2, 0) is 0 Å². The second-order valence-corrected chi connectivity index (χ2v) is 6.69. The molecular formula is C18H21ClN4O. The third-order valence-electron chi connectivity index (χ3n) is 4.16. The van der Waals surface area contributed by atoms with E-state index in [9.17, 15) is 4.79 Å². The van der Waals surface area contributed by atoms with Gasteiger partial charge < -0.3 is 10.2 Å². The number of nitrogens with one attached hydrogen (secondary N) is 1. The van der Waals surface area contributed by atoms with Crippen LogP contribution in [0.25, 0.3) is 0 Å². The summed E-state index contributed by atoms with van der Waals surface area (Å²) >= 11 is 6.10. The maximum Gasteiger partial charge on any atom is 0.274 e. The Balaban J connectivity index is 1.83. The number of hydrogen-bond donors (Lipinski definition) is 1. The SMILES string of the molecule is Cc1nc(C(=O)Nc2ccccc2Cl)cc(N2CCCC(C)C2)n1. The molecule has 3 rings (SSSR count). The fraction of sp³-hybridized carbons (Fsp3) is 0.389. The largest absolute Gasteiger partial charge is 0.356 e. The number of benzene rings is 1. The highest BCUT2D eigenvalue weighted by Crippen LogP contribution is 2.24. The molecule has 0 aliphatic carbocycles. The van der Waals surface area contributed by atoms with Crippen molar-refractivity contribution in [2.75, 3.05) is 23.3 Å². The zero-order valence-corrected chi connectivity index (χ0v) is 14.7. The van der Waals surface area contributed by atoms with E-state index in [1.165, 1.54) is 6.42 Å². The number of halogens is 1. The molecule has 1 amide bonds. The number of nitrogens with zero attached hydrogens (tertiary/aromatic N) is 3. The Morgan fingerprint density at radius 2 is 2.12 bits per heavy atom. The Hall–Kier alpha value is -2.14. The van der Waals surface area contributed by atoms with Crippen LogP contribution in [0.4, 0.5) is 11.5 Å². The third-order valence-corrected chi connectivity index (χ3v) is 4.49.